The van der Waals surface area contributed by atoms with Gasteiger partial charge in [0.25, 0.3) is 0 Å². The molecule has 0 aliphatic carbocycles. The second-order valence-electron chi connectivity index (χ2n) is 4.62. The Morgan fingerprint density at radius 3 is 2.72 bits per heavy atom. The lowest BCUT2D eigenvalue weighted by molar-refractivity contribution is -0.245. The summed E-state index contributed by atoms with van der Waals surface area (Å²) in [5, 5.41) is 19.8. The van der Waals surface area contributed by atoms with E-state index in [2.05, 4.69) is 0 Å². The third-order valence-corrected chi connectivity index (χ3v) is 3.35. The molecule has 98 valence electrons. The number of hydrogen-bond donors (Lipinski definition) is 2. The Labute approximate surface area is 105 Å². The first-order chi connectivity index (χ1) is 8.75. The van der Waals surface area contributed by atoms with Crippen molar-refractivity contribution in [2.24, 2.45) is 0 Å². The van der Waals surface area contributed by atoms with Crippen LogP contribution in [0, 0.1) is 0 Å². The van der Waals surface area contributed by atoms with Gasteiger partial charge < -0.3 is 24.4 Å². The molecule has 2 aliphatic heterocycles. The first kappa shape index (κ1) is 12.1. The molecule has 2 N–H and O–H groups in total. The Kier molecular flexibility index (Phi) is 3.32. The van der Waals surface area contributed by atoms with Crippen LogP contribution in [0.4, 0.5) is 0 Å². The molecule has 2 heterocycles. The monoisotopic (exact) mass is 252 g/mol. The highest BCUT2D eigenvalue weighted by atomic mass is 16.8. The van der Waals surface area contributed by atoms with Crippen LogP contribution in [0.2, 0.25) is 0 Å². The number of ether oxygens (including phenoxy) is 3. The summed E-state index contributed by atoms with van der Waals surface area (Å²) in [6.07, 6.45) is -3.61. The zero-order valence-corrected chi connectivity index (χ0v) is 9.81. The number of fused-ring (bicyclic) bond motifs is 2. The van der Waals surface area contributed by atoms with Gasteiger partial charge in [0.2, 0.25) is 0 Å². The third kappa shape index (κ3) is 2.15. The van der Waals surface area contributed by atoms with E-state index in [0.29, 0.717) is 13.2 Å². The van der Waals surface area contributed by atoms with E-state index < -0.39 is 30.7 Å². The van der Waals surface area contributed by atoms with E-state index in [1.165, 1.54) is 0 Å². The van der Waals surface area contributed by atoms with Crippen LogP contribution >= 0.6 is 0 Å². The number of hydrogen-bond acceptors (Lipinski definition) is 5. The van der Waals surface area contributed by atoms with Gasteiger partial charge in [0.15, 0.2) is 6.29 Å². The van der Waals surface area contributed by atoms with Crippen molar-refractivity contribution < 1.29 is 24.4 Å². The Balaban J connectivity index is 1.65. The Morgan fingerprint density at radius 1 is 1.17 bits per heavy atom. The maximum atomic E-state index is 9.96. The summed E-state index contributed by atoms with van der Waals surface area (Å²) in [5.41, 5.74) is 0.999. The fourth-order valence-corrected chi connectivity index (χ4v) is 2.31. The molecule has 5 nitrogen and oxygen atoms in total. The van der Waals surface area contributed by atoms with E-state index in [9.17, 15) is 10.2 Å². The lowest BCUT2D eigenvalue weighted by Crippen LogP contribution is -2.54. The molecule has 1 aromatic rings. The number of benzene rings is 1. The summed E-state index contributed by atoms with van der Waals surface area (Å²) >= 11 is 0. The molecule has 0 spiro atoms. The van der Waals surface area contributed by atoms with Crippen LogP contribution in [0.5, 0.6) is 0 Å². The first-order valence-corrected chi connectivity index (χ1v) is 6.04. The van der Waals surface area contributed by atoms with Gasteiger partial charge in [0.1, 0.15) is 24.4 Å². The first-order valence-electron chi connectivity index (χ1n) is 6.04. The highest BCUT2D eigenvalue weighted by Gasteiger charge is 2.50. The maximum Gasteiger partial charge on any atom is 0.187 e. The molecule has 1 aromatic carbocycles. The van der Waals surface area contributed by atoms with Gasteiger partial charge in [-0.25, -0.2) is 0 Å². The number of rotatable bonds is 3. The minimum absolute atomic E-state index is 0.300. The van der Waals surface area contributed by atoms with E-state index in [0.717, 1.165) is 5.56 Å². The molecule has 18 heavy (non-hydrogen) atoms. The molecule has 5 atom stereocenters. The molecular formula is C13H16O5. The van der Waals surface area contributed by atoms with Crippen molar-refractivity contribution in [2.75, 3.05) is 6.61 Å². The maximum absolute atomic E-state index is 9.96. The lowest BCUT2D eigenvalue weighted by Gasteiger charge is -2.35. The quantitative estimate of drug-likeness (QED) is 0.795. The zero-order chi connectivity index (χ0) is 12.5. The summed E-state index contributed by atoms with van der Waals surface area (Å²) in [7, 11) is 0. The molecule has 2 fully saturated rings. The largest absolute Gasteiger partial charge is 0.387 e. The predicted molar refractivity (Wildman–Crippen MR) is 61.6 cm³/mol. The van der Waals surface area contributed by atoms with E-state index in [1.54, 1.807) is 0 Å². The van der Waals surface area contributed by atoms with Gasteiger partial charge >= 0.3 is 0 Å². The molecule has 2 saturated heterocycles. The van der Waals surface area contributed by atoms with Crippen molar-refractivity contribution >= 4 is 0 Å². The summed E-state index contributed by atoms with van der Waals surface area (Å²) in [4.78, 5) is 0. The fraction of sp³-hybridized carbons (Fsp3) is 0.538. The number of aliphatic hydroxyl groups is 2. The molecule has 0 aromatic heterocycles. The Bertz CT molecular complexity index is 396. The zero-order valence-electron chi connectivity index (χ0n) is 9.81. The van der Waals surface area contributed by atoms with Crippen molar-refractivity contribution in [2.45, 2.75) is 37.3 Å². The minimum Gasteiger partial charge on any atom is -0.387 e. The molecule has 0 saturated carbocycles. The van der Waals surface area contributed by atoms with Crippen LogP contribution < -0.4 is 0 Å². The minimum atomic E-state index is -0.972. The summed E-state index contributed by atoms with van der Waals surface area (Å²) in [6, 6.07) is 9.64. The molecule has 0 radical (unpaired) electrons. The molecule has 0 amide bonds. The fourth-order valence-electron chi connectivity index (χ4n) is 2.31. The van der Waals surface area contributed by atoms with Crippen LogP contribution in [0.25, 0.3) is 0 Å². The van der Waals surface area contributed by atoms with E-state index in [-0.39, 0.29) is 0 Å². The molecule has 2 bridgehead atoms. The summed E-state index contributed by atoms with van der Waals surface area (Å²) < 4.78 is 16.4. The van der Waals surface area contributed by atoms with Crippen molar-refractivity contribution in [3.8, 4) is 0 Å². The normalized spacial score (nSPS) is 38.9. The van der Waals surface area contributed by atoms with E-state index in [4.69, 9.17) is 14.2 Å². The molecule has 5 heteroatoms. The van der Waals surface area contributed by atoms with Gasteiger partial charge in [-0.15, -0.1) is 0 Å². The van der Waals surface area contributed by atoms with Crippen molar-refractivity contribution in [1.82, 2.24) is 0 Å². The average molecular weight is 252 g/mol. The Morgan fingerprint density at radius 2 is 1.94 bits per heavy atom. The van der Waals surface area contributed by atoms with Gasteiger partial charge in [-0.3, -0.25) is 0 Å². The van der Waals surface area contributed by atoms with Crippen LogP contribution in [-0.4, -0.2) is 47.5 Å². The van der Waals surface area contributed by atoms with Gasteiger partial charge in [0, 0.05) is 0 Å². The van der Waals surface area contributed by atoms with E-state index in [1.807, 2.05) is 30.3 Å². The second-order valence-corrected chi connectivity index (χ2v) is 4.62. The highest BCUT2D eigenvalue weighted by Crippen LogP contribution is 2.30. The predicted octanol–water partition coefficient (Wildman–Crippen LogP) is 0.0487. The van der Waals surface area contributed by atoms with Gasteiger partial charge in [-0.1, -0.05) is 30.3 Å². The third-order valence-electron chi connectivity index (χ3n) is 3.35. The smallest absolute Gasteiger partial charge is 0.187 e. The van der Waals surface area contributed by atoms with Crippen LogP contribution in [0.3, 0.4) is 0 Å². The lowest BCUT2D eigenvalue weighted by atomic mass is 10.0. The number of aliphatic hydroxyl groups excluding tert-OH is 2. The molecule has 5 unspecified atom stereocenters. The van der Waals surface area contributed by atoms with Gasteiger partial charge in [0.05, 0.1) is 13.2 Å². The topological polar surface area (TPSA) is 68.2 Å². The summed E-state index contributed by atoms with van der Waals surface area (Å²) in [6.45, 7) is 0.650. The Hall–Kier alpha value is -0.980. The summed E-state index contributed by atoms with van der Waals surface area (Å²) in [5.74, 6) is 0. The van der Waals surface area contributed by atoms with Crippen LogP contribution in [0.1, 0.15) is 5.56 Å². The molecular weight excluding hydrogens is 236 g/mol. The van der Waals surface area contributed by atoms with Crippen LogP contribution in [-0.2, 0) is 20.8 Å². The average Bonchev–Trinajstić information content (AvgIpc) is 2.84. The molecule has 3 rings (SSSR count). The SMILES string of the molecule is OC1C2COC(O2)C(OCc2ccccc2)C1O. The van der Waals surface area contributed by atoms with Crippen molar-refractivity contribution in [3.05, 3.63) is 35.9 Å². The van der Waals surface area contributed by atoms with Gasteiger partial charge in [-0.05, 0) is 5.56 Å². The standard InChI is InChI=1S/C13H16O5/c14-10-9-7-17-13(18-9)12(11(10)15)16-6-8-4-2-1-3-5-8/h1-5,9-15H,6-7H2. The molecule has 2 aliphatic rings. The van der Waals surface area contributed by atoms with Crippen molar-refractivity contribution in [3.63, 3.8) is 0 Å². The van der Waals surface area contributed by atoms with Gasteiger partial charge in [-0.2, -0.15) is 0 Å². The second kappa shape index (κ2) is 4.95. The van der Waals surface area contributed by atoms with E-state index >= 15 is 0 Å². The highest BCUT2D eigenvalue weighted by molar-refractivity contribution is 5.13. The van der Waals surface area contributed by atoms with Crippen molar-refractivity contribution in [1.29, 1.82) is 0 Å². The van der Waals surface area contributed by atoms with Crippen LogP contribution in [0.15, 0.2) is 30.3 Å².